The van der Waals surface area contributed by atoms with Gasteiger partial charge in [-0.15, -0.1) is 0 Å². The first-order chi connectivity index (χ1) is 11.9. The predicted molar refractivity (Wildman–Crippen MR) is 102 cm³/mol. The molecule has 1 amide bonds. The quantitative estimate of drug-likeness (QED) is 0.750. The van der Waals surface area contributed by atoms with E-state index >= 15 is 0 Å². The standard InChI is InChI=1S/C19H24N2O3S/c1-5-24-19(23)17-14(4)21(11-13(2)3)16(22)12-25-18(17)20-15-9-7-6-8-10-15/h6-10,13H,5,11-12H2,1-4H3. The highest BCUT2D eigenvalue weighted by atomic mass is 32.2. The smallest absolute Gasteiger partial charge is 0.342 e. The molecule has 0 atom stereocenters. The Kier molecular flexibility index (Phi) is 6.82. The van der Waals surface area contributed by atoms with Crippen LogP contribution in [0.2, 0.25) is 0 Å². The van der Waals surface area contributed by atoms with Gasteiger partial charge in [0, 0.05) is 12.2 Å². The lowest BCUT2D eigenvalue weighted by Crippen LogP contribution is -2.34. The second kappa shape index (κ2) is 8.85. The van der Waals surface area contributed by atoms with E-state index in [0.717, 1.165) is 5.69 Å². The number of allylic oxidation sites excluding steroid dienone is 1. The van der Waals surface area contributed by atoms with E-state index in [1.54, 1.807) is 18.7 Å². The van der Waals surface area contributed by atoms with E-state index in [1.807, 2.05) is 44.2 Å². The Labute approximate surface area is 153 Å². The van der Waals surface area contributed by atoms with Crippen LogP contribution in [-0.2, 0) is 14.3 Å². The van der Waals surface area contributed by atoms with Crippen LogP contribution in [0.15, 0.2) is 46.6 Å². The summed E-state index contributed by atoms with van der Waals surface area (Å²) in [6.45, 7) is 8.48. The fraction of sp³-hybridized carbons (Fsp3) is 0.421. The van der Waals surface area contributed by atoms with Crippen molar-refractivity contribution < 1.29 is 14.3 Å². The highest BCUT2D eigenvalue weighted by molar-refractivity contribution is 8.15. The molecule has 2 rings (SSSR count). The minimum absolute atomic E-state index is 0.0174. The average Bonchev–Trinajstić information content (AvgIpc) is 2.68. The number of ether oxygens (including phenoxy) is 1. The van der Waals surface area contributed by atoms with Crippen molar-refractivity contribution >= 4 is 34.4 Å². The van der Waals surface area contributed by atoms with Crippen LogP contribution in [0.4, 0.5) is 5.69 Å². The summed E-state index contributed by atoms with van der Waals surface area (Å²) in [6, 6.07) is 9.41. The molecular weight excluding hydrogens is 336 g/mol. The maximum atomic E-state index is 12.6. The number of rotatable bonds is 5. The van der Waals surface area contributed by atoms with Crippen LogP contribution < -0.4 is 0 Å². The van der Waals surface area contributed by atoms with Crippen molar-refractivity contribution in [1.82, 2.24) is 4.90 Å². The second-order valence-electron chi connectivity index (χ2n) is 6.12. The number of hydrogen-bond donors (Lipinski definition) is 0. The zero-order valence-corrected chi connectivity index (χ0v) is 15.9. The third-order valence-corrected chi connectivity index (χ3v) is 4.59. The minimum atomic E-state index is -0.439. The number of para-hydroxylation sites is 1. The number of amides is 1. The van der Waals surface area contributed by atoms with Gasteiger partial charge in [0.2, 0.25) is 5.91 Å². The maximum Gasteiger partial charge on any atom is 0.342 e. The first-order valence-corrected chi connectivity index (χ1v) is 9.37. The normalized spacial score (nSPS) is 17.2. The topological polar surface area (TPSA) is 59.0 Å². The van der Waals surface area contributed by atoms with Gasteiger partial charge < -0.3 is 9.64 Å². The van der Waals surface area contributed by atoms with Crippen molar-refractivity contribution in [2.24, 2.45) is 10.9 Å². The van der Waals surface area contributed by atoms with Gasteiger partial charge in [-0.3, -0.25) is 4.79 Å². The molecule has 0 unspecified atom stereocenters. The summed E-state index contributed by atoms with van der Waals surface area (Å²) in [6.07, 6.45) is 0. The summed E-state index contributed by atoms with van der Waals surface area (Å²) in [5.41, 5.74) is 1.73. The minimum Gasteiger partial charge on any atom is -0.462 e. The molecule has 1 aliphatic rings. The maximum absolute atomic E-state index is 12.6. The molecule has 0 fully saturated rings. The van der Waals surface area contributed by atoms with Crippen molar-refractivity contribution in [1.29, 1.82) is 0 Å². The summed E-state index contributed by atoms with van der Waals surface area (Å²) >= 11 is 1.28. The molecule has 0 aromatic heterocycles. The van der Waals surface area contributed by atoms with Crippen molar-refractivity contribution in [2.75, 3.05) is 18.9 Å². The van der Waals surface area contributed by atoms with Gasteiger partial charge in [-0.25, -0.2) is 9.79 Å². The molecule has 1 heterocycles. The van der Waals surface area contributed by atoms with Gasteiger partial charge in [-0.2, -0.15) is 0 Å². The van der Waals surface area contributed by atoms with Crippen LogP contribution in [0.5, 0.6) is 0 Å². The molecule has 0 N–H and O–H groups in total. The first-order valence-electron chi connectivity index (χ1n) is 8.39. The fourth-order valence-electron chi connectivity index (χ4n) is 2.51. The predicted octanol–water partition coefficient (Wildman–Crippen LogP) is 3.79. The molecule has 1 aromatic rings. The van der Waals surface area contributed by atoms with E-state index in [4.69, 9.17) is 4.74 Å². The highest BCUT2D eigenvalue weighted by Gasteiger charge is 2.31. The molecule has 5 nitrogen and oxygen atoms in total. The van der Waals surface area contributed by atoms with Crippen molar-refractivity contribution in [3.63, 3.8) is 0 Å². The van der Waals surface area contributed by atoms with Crippen molar-refractivity contribution in [2.45, 2.75) is 27.7 Å². The lowest BCUT2D eigenvalue weighted by Gasteiger charge is -2.24. The summed E-state index contributed by atoms with van der Waals surface area (Å²) < 4.78 is 5.23. The van der Waals surface area contributed by atoms with Crippen LogP contribution in [0.25, 0.3) is 0 Å². The Hall–Kier alpha value is -2.08. The van der Waals surface area contributed by atoms with Crippen LogP contribution in [0.1, 0.15) is 27.7 Å². The van der Waals surface area contributed by atoms with E-state index in [2.05, 4.69) is 4.99 Å². The van der Waals surface area contributed by atoms with Crippen LogP contribution in [0, 0.1) is 5.92 Å². The monoisotopic (exact) mass is 360 g/mol. The summed E-state index contributed by atoms with van der Waals surface area (Å²) in [4.78, 5) is 31.4. The van der Waals surface area contributed by atoms with Gasteiger partial charge in [0.05, 0.1) is 18.0 Å². The number of carbonyl (C=O) groups excluding carboxylic acids is 2. The van der Waals surface area contributed by atoms with Gasteiger partial charge >= 0.3 is 5.97 Å². The Morgan fingerprint density at radius 2 is 2.00 bits per heavy atom. The molecule has 0 saturated carbocycles. The molecule has 1 aromatic carbocycles. The van der Waals surface area contributed by atoms with Gasteiger partial charge in [-0.1, -0.05) is 43.8 Å². The van der Waals surface area contributed by atoms with Crippen LogP contribution >= 0.6 is 11.8 Å². The van der Waals surface area contributed by atoms with E-state index in [9.17, 15) is 9.59 Å². The Balaban J connectivity index is 2.54. The number of benzene rings is 1. The molecule has 0 saturated heterocycles. The molecule has 0 radical (unpaired) electrons. The molecule has 1 aliphatic heterocycles. The molecular formula is C19H24N2O3S. The molecule has 25 heavy (non-hydrogen) atoms. The third-order valence-electron chi connectivity index (χ3n) is 3.63. The summed E-state index contributed by atoms with van der Waals surface area (Å²) in [5, 5.41) is 0.529. The van der Waals surface area contributed by atoms with Gasteiger partial charge in [0.1, 0.15) is 10.6 Å². The van der Waals surface area contributed by atoms with Gasteiger partial charge in [-0.05, 0) is 31.9 Å². The van der Waals surface area contributed by atoms with Crippen LogP contribution in [0.3, 0.4) is 0 Å². The van der Waals surface area contributed by atoms with Gasteiger partial charge in [0.15, 0.2) is 0 Å². The first kappa shape index (κ1) is 19.2. The van der Waals surface area contributed by atoms with E-state index in [1.165, 1.54) is 11.8 Å². The number of aliphatic imine (C=N–C) groups is 1. The average molecular weight is 360 g/mol. The Bertz CT molecular complexity index is 696. The highest BCUT2D eigenvalue weighted by Crippen LogP contribution is 2.28. The number of esters is 1. The lowest BCUT2D eigenvalue weighted by molar-refractivity contribution is -0.138. The fourth-order valence-corrected chi connectivity index (χ4v) is 3.47. The second-order valence-corrected chi connectivity index (χ2v) is 7.08. The molecule has 0 aliphatic carbocycles. The summed E-state index contributed by atoms with van der Waals surface area (Å²) in [5.74, 6) is 0.0837. The molecule has 134 valence electrons. The largest absolute Gasteiger partial charge is 0.462 e. The number of thioether (sulfide) groups is 1. The molecule has 0 bridgehead atoms. The Morgan fingerprint density at radius 1 is 1.32 bits per heavy atom. The summed E-state index contributed by atoms with van der Waals surface area (Å²) in [7, 11) is 0. The van der Waals surface area contributed by atoms with E-state index in [-0.39, 0.29) is 18.3 Å². The zero-order valence-electron chi connectivity index (χ0n) is 15.1. The molecule has 6 heteroatoms. The van der Waals surface area contributed by atoms with E-state index < -0.39 is 5.97 Å². The van der Waals surface area contributed by atoms with Crippen molar-refractivity contribution in [3.05, 3.63) is 41.6 Å². The van der Waals surface area contributed by atoms with E-state index in [0.29, 0.717) is 28.8 Å². The SMILES string of the molecule is CCOC(=O)C1=C(C)N(CC(C)C)C(=O)CSC1=Nc1ccccc1. The lowest BCUT2D eigenvalue weighted by atomic mass is 10.1. The van der Waals surface area contributed by atoms with Crippen molar-refractivity contribution in [3.8, 4) is 0 Å². The number of carbonyl (C=O) groups is 2. The van der Waals surface area contributed by atoms with Gasteiger partial charge in [0.25, 0.3) is 0 Å². The third kappa shape index (κ3) is 4.95. The Morgan fingerprint density at radius 3 is 2.60 bits per heavy atom. The zero-order chi connectivity index (χ0) is 18.4. The number of hydrogen-bond acceptors (Lipinski definition) is 5. The van der Waals surface area contributed by atoms with Crippen LogP contribution in [-0.4, -0.2) is 40.7 Å². The molecule has 0 spiro atoms. The number of nitrogens with zero attached hydrogens (tertiary/aromatic N) is 2.